The zero-order valence-electron chi connectivity index (χ0n) is 8.31. The Morgan fingerprint density at radius 3 is 2.47 bits per heavy atom. The Balaban J connectivity index is 2.31. The van der Waals surface area contributed by atoms with E-state index in [1.165, 1.54) is 0 Å². The molecule has 0 fully saturated rings. The van der Waals surface area contributed by atoms with Crippen LogP contribution in [-0.4, -0.2) is 13.2 Å². The molecule has 3 rings (SSSR count). The van der Waals surface area contributed by atoms with Crippen molar-refractivity contribution in [1.82, 2.24) is 0 Å². The molecule has 0 aliphatic carbocycles. The van der Waals surface area contributed by atoms with Gasteiger partial charge in [-0.15, -0.1) is 0 Å². The minimum absolute atomic E-state index is 0.491. The third-order valence-electron chi connectivity index (χ3n) is 3.05. The molecule has 1 aromatic rings. The molecule has 1 aromatic carbocycles. The fraction of sp³-hybridized carbons (Fsp3) is 0.455. The normalized spacial score (nSPS) is 16.9. The van der Waals surface area contributed by atoms with E-state index in [2.05, 4.69) is 0 Å². The van der Waals surface area contributed by atoms with E-state index in [4.69, 9.17) is 26.8 Å². The van der Waals surface area contributed by atoms with Crippen molar-refractivity contribution in [3.63, 3.8) is 0 Å². The second kappa shape index (κ2) is 3.29. The van der Waals surface area contributed by atoms with Gasteiger partial charge in [0.25, 0.3) is 0 Å². The lowest BCUT2D eigenvalue weighted by molar-refractivity contribution is 0.353. The van der Waals surface area contributed by atoms with Gasteiger partial charge in [-0.3, -0.25) is 0 Å². The van der Waals surface area contributed by atoms with Gasteiger partial charge in [0.2, 0.25) is 0 Å². The average molecular weight is 226 g/mol. The average Bonchev–Trinajstić information content (AvgIpc) is 2.85. The summed E-state index contributed by atoms with van der Waals surface area (Å²) in [6.07, 6.45) is 1.75. The van der Waals surface area contributed by atoms with Gasteiger partial charge in [-0.1, -0.05) is 11.6 Å². The first kappa shape index (κ1) is 9.31. The molecule has 2 aliphatic heterocycles. The largest absolute Gasteiger partial charge is 0.493 e. The van der Waals surface area contributed by atoms with Crippen molar-refractivity contribution in [1.29, 1.82) is 0 Å². The number of ether oxygens (including phenoxy) is 2. The molecule has 80 valence electrons. The third-order valence-corrected chi connectivity index (χ3v) is 3.45. The monoisotopic (exact) mass is 225 g/mol. The predicted octanol–water partition coefficient (Wildman–Crippen LogP) is 1.67. The smallest absolute Gasteiger partial charge is 0.142 e. The Morgan fingerprint density at radius 1 is 1.07 bits per heavy atom. The molecule has 3 nitrogen and oxygen atoms in total. The third kappa shape index (κ3) is 1.17. The highest BCUT2D eigenvalue weighted by molar-refractivity contribution is 6.33. The maximum Gasteiger partial charge on any atom is 0.142 e. The molecule has 0 atom stereocenters. The van der Waals surface area contributed by atoms with Crippen LogP contribution >= 0.6 is 11.6 Å². The molecule has 0 spiro atoms. The van der Waals surface area contributed by atoms with Crippen LogP contribution in [0.2, 0.25) is 5.02 Å². The Kier molecular flexibility index (Phi) is 2.04. The molecule has 4 heteroatoms. The topological polar surface area (TPSA) is 44.5 Å². The van der Waals surface area contributed by atoms with Gasteiger partial charge < -0.3 is 15.2 Å². The molecule has 0 radical (unpaired) electrons. The van der Waals surface area contributed by atoms with Crippen LogP contribution in [0.4, 0.5) is 0 Å². The molecule has 0 saturated heterocycles. The van der Waals surface area contributed by atoms with E-state index in [1.807, 2.05) is 0 Å². The van der Waals surface area contributed by atoms with Crippen LogP contribution in [0.25, 0.3) is 0 Å². The number of nitrogens with two attached hydrogens (primary N) is 1. The van der Waals surface area contributed by atoms with Crippen LogP contribution in [0.1, 0.15) is 16.7 Å². The molecule has 0 bridgehead atoms. The van der Waals surface area contributed by atoms with Gasteiger partial charge in [-0.05, 0) is 0 Å². The van der Waals surface area contributed by atoms with Crippen molar-refractivity contribution in [2.45, 2.75) is 19.4 Å². The maximum absolute atomic E-state index is 6.28. The van der Waals surface area contributed by atoms with E-state index in [-0.39, 0.29) is 0 Å². The lowest BCUT2D eigenvalue weighted by Gasteiger charge is -2.12. The van der Waals surface area contributed by atoms with Crippen molar-refractivity contribution in [3.05, 3.63) is 21.7 Å². The number of hydrogen-bond acceptors (Lipinski definition) is 3. The Labute approximate surface area is 93.1 Å². The maximum atomic E-state index is 6.28. The zero-order valence-corrected chi connectivity index (χ0v) is 9.06. The van der Waals surface area contributed by atoms with Crippen molar-refractivity contribution < 1.29 is 9.47 Å². The van der Waals surface area contributed by atoms with Crippen LogP contribution in [0.5, 0.6) is 11.5 Å². The van der Waals surface area contributed by atoms with Crippen LogP contribution in [0.15, 0.2) is 0 Å². The van der Waals surface area contributed by atoms with Crippen LogP contribution < -0.4 is 15.2 Å². The molecule has 0 amide bonds. The number of fused-ring (bicyclic) bond motifs is 2. The van der Waals surface area contributed by atoms with Crippen molar-refractivity contribution in [3.8, 4) is 11.5 Å². The van der Waals surface area contributed by atoms with Gasteiger partial charge in [0.1, 0.15) is 11.5 Å². The number of rotatable bonds is 1. The highest BCUT2D eigenvalue weighted by Gasteiger charge is 2.29. The molecule has 2 heterocycles. The summed E-state index contributed by atoms with van der Waals surface area (Å²) in [5.74, 6) is 1.74. The first-order valence-corrected chi connectivity index (χ1v) is 5.52. The summed E-state index contributed by atoms with van der Waals surface area (Å²) in [6, 6.07) is 0. The summed E-state index contributed by atoms with van der Waals surface area (Å²) in [6.45, 7) is 1.89. The molecule has 0 saturated carbocycles. The first-order valence-electron chi connectivity index (χ1n) is 5.14. The summed E-state index contributed by atoms with van der Waals surface area (Å²) in [5, 5.41) is 0.729. The van der Waals surface area contributed by atoms with Crippen LogP contribution in [-0.2, 0) is 19.4 Å². The van der Waals surface area contributed by atoms with Gasteiger partial charge in [0.05, 0.1) is 18.2 Å². The van der Waals surface area contributed by atoms with Crippen molar-refractivity contribution in [2.75, 3.05) is 13.2 Å². The van der Waals surface area contributed by atoms with Gasteiger partial charge in [-0.25, -0.2) is 0 Å². The number of halogens is 1. The number of benzene rings is 1. The Bertz CT molecular complexity index is 396. The minimum Gasteiger partial charge on any atom is -0.493 e. The van der Waals surface area contributed by atoms with E-state index in [0.29, 0.717) is 19.8 Å². The summed E-state index contributed by atoms with van der Waals surface area (Å²) in [5.41, 5.74) is 9.06. The summed E-state index contributed by atoms with van der Waals surface area (Å²) in [4.78, 5) is 0. The molecule has 0 unspecified atom stereocenters. The van der Waals surface area contributed by atoms with Gasteiger partial charge in [0.15, 0.2) is 0 Å². The SMILES string of the molecule is NCc1c2c(c(Cl)c3c1OCC3)OCC2. The lowest BCUT2D eigenvalue weighted by Crippen LogP contribution is -2.03. The minimum atomic E-state index is 0.491. The van der Waals surface area contributed by atoms with Gasteiger partial charge in [0, 0.05) is 36.1 Å². The highest BCUT2D eigenvalue weighted by Crippen LogP contribution is 2.46. The standard InChI is InChI=1S/C11H12ClNO2/c12-9-7-2-4-14-10(7)8(5-13)6-1-3-15-11(6)9/h1-5,13H2. The summed E-state index contributed by atoms with van der Waals surface area (Å²) >= 11 is 6.28. The van der Waals surface area contributed by atoms with Crippen LogP contribution in [0.3, 0.4) is 0 Å². The first-order chi connectivity index (χ1) is 7.33. The van der Waals surface area contributed by atoms with E-state index < -0.39 is 0 Å². The number of hydrogen-bond donors (Lipinski definition) is 1. The highest BCUT2D eigenvalue weighted by atomic mass is 35.5. The molecule has 15 heavy (non-hydrogen) atoms. The fourth-order valence-electron chi connectivity index (χ4n) is 2.36. The second-order valence-electron chi connectivity index (χ2n) is 3.81. The zero-order chi connectivity index (χ0) is 10.4. The molecule has 2 N–H and O–H groups in total. The van der Waals surface area contributed by atoms with E-state index in [1.54, 1.807) is 0 Å². The van der Waals surface area contributed by atoms with E-state index >= 15 is 0 Å². The fourth-order valence-corrected chi connectivity index (χ4v) is 2.71. The van der Waals surface area contributed by atoms with Gasteiger partial charge in [-0.2, -0.15) is 0 Å². The quantitative estimate of drug-likeness (QED) is 0.791. The Morgan fingerprint density at radius 2 is 1.73 bits per heavy atom. The molecular weight excluding hydrogens is 214 g/mol. The second-order valence-corrected chi connectivity index (χ2v) is 4.19. The van der Waals surface area contributed by atoms with Crippen LogP contribution in [0, 0.1) is 0 Å². The van der Waals surface area contributed by atoms with E-state index in [9.17, 15) is 0 Å². The molecular formula is C11H12ClNO2. The molecule has 0 aromatic heterocycles. The van der Waals surface area contributed by atoms with Crippen molar-refractivity contribution in [2.24, 2.45) is 5.73 Å². The Hall–Kier alpha value is -0.930. The van der Waals surface area contributed by atoms with E-state index in [0.717, 1.165) is 46.1 Å². The molecule has 2 aliphatic rings. The van der Waals surface area contributed by atoms with Crippen molar-refractivity contribution >= 4 is 11.6 Å². The summed E-state index contributed by atoms with van der Waals surface area (Å²) in [7, 11) is 0. The lowest BCUT2D eigenvalue weighted by atomic mass is 9.99. The van der Waals surface area contributed by atoms with Gasteiger partial charge >= 0.3 is 0 Å². The predicted molar refractivity (Wildman–Crippen MR) is 57.7 cm³/mol. The summed E-state index contributed by atoms with van der Waals surface area (Å²) < 4.78 is 11.2.